The third kappa shape index (κ3) is 3.17. The first-order chi connectivity index (χ1) is 10.1. The average molecular weight is 310 g/mol. The summed E-state index contributed by atoms with van der Waals surface area (Å²) in [4.78, 5) is 5.20. The van der Waals surface area contributed by atoms with Crippen molar-refractivity contribution in [2.45, 2.75) is 51.0 Å². The zero-order valence-electron chi connectivity index (χ0n) is 13.0. The SMILES string of the molecule is CCC(N)C(c1ccc(C)s1)N1CCCC2(C1)OCCO2. The minimum atomic E-state index is -0.379. The summed E-state index contributed by atoms with van der Waals surface area (Å²) in [6.07, 6.45) is 3.09. The molecule has 2 saturated heterocycles. The topological polar surface area (TPSA) is 47.7 Å². The van der Waals surface area contributed by atoms with Crippen LogP contribution in [-0.2, 0) is 9.47 Å². The summed E-state index contributed by atoms with van der Waals surface area (Å²) in [5, 5.41) is 0. The molecule has 3 heterocycles. The van der Waals surface area contributed by atoms with Crippen molar-refractivity contribution >= 4 is 11.3 Å². The Morgan fingerprint density at radius 3 is 2.76 bits per heavy atom. The van der Waals surface area contributed by atoms with Gasteiger partial charge in [-0.05, 0) is 38.4 Å². The molecule has 4 nitrogen and oxygen atoms in total. The van der Waals surface area contributed by atoms with Gasteiger partial charge in [-0.3, -0.25) is 4.90 Å². The van der Waals surface area contributed by atoms with E-state index in [4.69, 9.17) is 15.2 Å². The average Bonchev–Trinajstić information content (AvgIpc) is 3.09. The molecule has 2 aliphatic rings. The zero-order valence-corrected chi connectivity index (χ0v) is 13.8. The molecule has 2 aliphatic heterocycles. The number of hydrogen-bond acceptors (Lipinski definition) is 5. The summed E-state index contributed by atoms with van der Waals surface area (Å²) in [5.74, 6) is -0.379. The highest BCUT2D eigenvalue weighted by Gasteiger charge is 2.43. The first-order valence-corrected chi connectivity index (χ1v) is 8.79. The fourth-order valence-corrected chi connectivity index (χ4v) is 4.58. The number of nitrogens with zero attached hydrogens (tertiary/aromatic N) is 1. The molecule has 0 aliphatic carbocycles. The van der Waals surface area contributed by atoms with Crippen LogP contribution in [0.25, 0.3) is 0 Å². The molecule has 2 unspecified atom stereocenters. The second-order valence-corrected chi connectivity index (χ2v) is 7.47. The standard InChI is InChI=1S/C16H26N2O2S/c1-3-13(17)15(14-6-5-12(2)21-14)18-8-4-7-16(11-18)19-9-10-20-16/h5-6,13,15H,3-4,7-11,17H2,1-2H3. The van der Waals surface area contributed by atoms with Crippen molar-refractivity contribution in [2.24, 2.45) is 5.73 Å². The van der Waals surface area contributed by atoms with Gasteiger partial charge in [0.25, 0.3) is 0 Å². The van der Waals surface area contributed by atoms with E-state index in [2.05, 4.69) is 30.9 Å². The predicted octanol–water partition coefficient (Wildman–Crippen LogP) is 2.67. The summed E-state index contributed by atoms with van der Waals surface area (Å²) in [7, 11) is 0. The van der Waals surface area contributed by atoms with Crippen LogP contribution in [0.5, 0.6) is 0 Å². The maximum absolute atomic E-state index is 6.46. The van der Waals surface area contributed by atoms with Crippen LogP contribution >= 0.6 is 11.3 Å². The number of piperidine rings is 1. The van der Waals surface area contributed by atoms with Gasteiger partial charge in [0, 0.05) is 22.2 Å². The molecule has 1 aromatic heterocycles. The van der Waals surface area contributed by atoms with Crippen molar-refractivity contribution in [2.75, 3.05) is 26.3 Å². The molecule has 0 saturated carbocycles. The molecule has 2 fully saturated rings. The quantitative estimate of drug-likeness (QED) is 0.929. The predicted molar refractivity (Wildman–Crippen MR) is 85.5 cm³/mol. The number of thiophene rings is 1. The summed E-state index contributed by atoms with van der Waals surface area (Å²) in [6, 6.07) is 4.86. The minimum Gasteiger partial charge on any atom is -0.346 e. The van der Waals surface area contributed by atoms with E-state index in [1.54, 1.807) is 0 Å². The van der Waals surface area contributed by atoms with Crippen LogP contribution in [0.2, 0.25) is 0 Å². The Bertz CT molecular complexity index is 471. The van der Waals surface area contributed by atoms with Crippen LogP contribution in [0.1, 0.15) is 42.0 Å². The van der Waals surface area contributed by atoms with E-state index in [9.17, 15) is 0 Å². The highest BCUT2D eigenvalue weighted by atomic mass is 32.1. The van der Waals surface area contributed by atoms with E-state index < -0.39 is 0 Å². The van der Waals surface area contributed by atoms with Crippen molar-refractivity contribution in [1.29, 1.82) is 0 Å². The Kier molecular flexibility index (Phi) is 4.66. The maximum Gasteiger partial charge on any atom is 0.181 e. The number of aryl methyl sites for hydroxylation is 1. The third-order valence-corrected chi connectivity index (χ3v) is 5.65. The summed E-state index contributed by atoms with van der Waals surface area (Å²) < 4.78 is 11.8. The molecule has 0 aromatic carbocycles. The molecule has 21 heavy (non-hydrogen) atoms. The smallest absolute Gasteiger partial charge is 0.181 e. The van der Waals surface area contributed by atoms with E-state index in [0.717, 1.165) is 45.6 Å². The van der Waals surface area contributed by atoms with Gasteiger partial charge in [-0.1, -0.05) is 6.92 Å². The van der Waals surface area contributed by atoms with E-state index in [0.29, 0.717) is 0 Å². The van der Waals surface area contributed by atoms with Crippen LogP contribution in [0, 0.1) is 6.92 Å². The van der Waals surface area contributed by atoms with Crippen molar-refractivity contribution in [1.82, 2.24) is 4.90 Å². The Morgan fingerprint density at radius 2 is 2.14 bits per heavy atom. The van der Waals surface area contributed by atoms with Crippen molar-refractivity contribution in [3.63, 3.8) is 0 Å². The van der Waals surface area contributed by atoms with Crippen LogP contribution < -0.4 is 5.73 Å². The van der Waals surface area contributed by atoms with Gasteiger partial charge >= 0.3 is 0 Å². The highest BCUT2D eigenvalue weighted by molar-refractivity contribution is 7.12. The first-order valence-electron chi connectivity index (χ1n) is 7.97. The Balaban J connectivity index is 1.82. The number of likely N-dealkylation sites (tertiary alicyclic amines) is 1. The summed E-state index contributed by atoms with van der Waals surface area (Å²) in [5.41, 5.74) is 6.46. The van der Waals surface area contributed by atoms with Crippen molar-refractivity contribution in [3.8, 4) is 0 Å². The number of nitrogens with two attached hydrogens (primary N) is 1. The molecule has 118 valence electrons. The summed E-state index contributed by atoms with van der Waals surface area (Å²) in [6.45, 7) is 7.67. The lowest BCUT2D eigenvalue weighted by molar-refractivity contribution is -0.195. The van der Waals surface area contributed by atoms with Crippen LogP contribution in [0.15, 0.2) is 12.1 Å². The Labute approximate surface area is 131 Å². The number of ether oxygens (including phenoxy) is 2. The maximum atomic E-state index is 6.46. The fourth-order valence-electron chi connectivity index (χ4n) is 3.49. The van der Waals surface area contributed by atoms with Crippen LogP contribution in [-0.4, -0.2) is 43.0 Å². The molecule has 3 rings (SSSR count). The molecular formula is C16H26N2O2S. The molecule has 2 N–H and O–H groups in total. The van der Waals surface area contributed by atoms with Gasteiger partial charge in [0.2, 0.25) is 0 Å². The van der Waals surface area contributed by atoms with Crippen LogP contribution in [0.4, 0.5) is 0 Å². The van der Waals surface area contributed by atoms with Crippen molar-refractivity contribution in [3.05, 3.63) is 21.9 Å². The van der Waals surface area contributed by atoms with Gasteiger partial charge in [-0.25, -0.2) is 0 Å². The molecule has 0 radical (unpaired) electrons. The lowest BCUT2D eigenvalue weighted by Crippen LogP contribution is -2.53. The Morgan fingerprint density at radius 1 is 1.38 bits per heavy atom. The largest absolute Gasteiger partial charge is 0.346 e. The fraction of sp³-hybridized carbons (Fsp3) is 0.750. The molecule has 5 heteroatoms. The lowest BCUT2D eigenvalue weighted by Gasteiger charge is -2.43. The second-order valence-electron chi connectivity index (χ2n) is 6.15. The lowest BCUT2D eigenvalue weighted by atomic mass is 9.97. The summed E-state index contributed by atoms with van der Waals surface area (Å²) >= 11 is 1.86. The van der Waals surface area contributed by atoms with Crippen LogP contribution in [0.3, 0.4) is 0 Å². The molecule has 2 atom stereocenters. The van der Waals surface area contributed by atoms with E-state index in [1.807, 2.05) is 11.3 Å². The van der Waals surface area contributed by atoms with Gasteiger partial charge in [0.15, 0.2) is 5.79 Å². The zero-order chi connectivity index (χ0) is 14.9. The molecule has 0 amide bonds. The third-order valence-electron chi connectivity index (χ3n) is 4.58. The Hall–Kier alpha value is -0.460. The molecular weight excluding hydrogens is 284 g/mol. The number of hydrogen-bond donors (Lipinski definition) is 1. The normalized spacial score (nSPS) is 25.3. The molecule has 0 bridgehead atoms. The van der Waals surface area contributed by atoms with E-state index in [1.165, 1.54) is 9.75 Å². The monoisotopic (exact) mass is 310 g/mol. The van der Waals surface area contributed by atoms with Gasteiger partial charge in [0.1, 0.15) is 0 Å². The van der Waals surface area contributed by atoms with Gasteiger partial charge < -0.3 is 15.2 Å². The first kappa shape index (κ1) is 15.4. The van der Waals surface area contributed by atoms with E-state index >= 15 is 0 Å². The molecule has 1 spiro atoms. The highest BCUT2D eigenvalue weighted by Crippen LogP contribution is 2.37. The minimum absolute atomic E-state index is 0.152. The van der Waals surface area contributed by atoms with Crippen molar-refractivity contribution < 1.29 is 9.47 Å². The second kappa shape index (κ2) is 6.34. The van der Waals surface area contributed by atoms with Gasteiger partial charge in [-0.15, -0.1) is 11.3 Å². The number of rotatable bonds is 4. The van der Waals surface area contributed by atoms with Gasteiger partial charge in [-0.2, -0.15) is 0 Å². The van der Waals surface area contributed by atoms with E-state index in [-0.39, 0.29) is 17.9 Å². The van der Waals surface area contributed by atoms with Gasteiger partial charge in [0.05, 0.1) is 25.8 Å². The molecule has 1 aromatic rings.